The zero-order chi connectivity index (χ0) is 11.1. The topological polar surface area (TPSA) is 16.1 Å². The Balaban J connectivity index is 2.12. The van der Waals surface area contributed by atoms with Gasteiger partial charge in [-0.2, -0.15) is 0 Å². The molecule has 15 heavy (non-hydrogen) atoms. The summed E-state index contributed by atoms with van der Waals surface area (Å²) in [6.45, 7) is 2.26. The lowest BCUT2D eigenvalue weighted by Gasteiger charge is -2.18. The van der Waals surface area contributed by atoms with E-state index < -0.39 is 0 Å². The van der Waals surface area contributed by atoms with E-state index in [-0.39, 0.29) is 0 Å². The van der Waals surface area contributed by atoms with Crippen molar-refractivity contribution in [1.29, 1.82) is 0 Å². The van der Waals surface area contributed by atoms with Gasteiger partial charge in [0.15, 0.2) is 0 Å². The summed E-state index contributed by atoms with van der Waals surface area (Å²) in [6, 6.07) is 6.68. The second-order valence-corrected chi connectivity index (χ2v) is 6.11. The number of rotatable bonds is 6. The summed E-state index contributed by atoms with van der Waals surface area (Å²) in [5.41, 5.74) is 0. The van der Waals surface area contributed by atoms with E-state index in [4.69, 9.17) is 0 Å². The van der Waals surface area contributed by atoms with Crippen molar-refractivity contribution in [3.05, 3.63) is 24.4 Å². The zero-order valence-corrected chi connectivity index (χ0v) is 11.1. The van der Waals surface area contributed by atoms with Crippen LogP contribution in [0.3, 0.4) is 0 Å². The highest BCUT2D eigenvalue weighted by atomic mass is 33.1. The second-order valence-electron chi connectivity index (χ2n) is 3.67. The molecule has 1 atom stereocenters. The molecule has 0 fully saturated rings. The summed E-state index contributed by atoms with van der Waals surface area (Å²) in [5, 5.41) is 1.10. The Bertz CT molecular complexity index is 265. The maximum absolute atomic E-state index is 4.26. The van der Waals surface area contributed by atoms with Crippen LogP contribution < -0.4 is 0 Å². The molecule has 0 saturated heterocycles. The van der Waals surface area contributed by atoms with Gasteiger partial charge in [0, 0.05) is 18.0 Å². The molecule has 0 bridgehead atoms. The molecular formula is C11H18N2S2. The highest BCUT2D eigenvalue weighted by molar-refractivity contribution is 8.76. The standard InChI is InChI=1S/C11H18N2S2/c1-10(13(2)3)7-9-14-15-11-6-4-5-8-12-11/h4-6,8,10H,7,9H2,1-3H3. The fourth-order valence-corrected chi connectivity index (χ4v) is 3.05. The van der Waals surface area contributed by atoms with Gasteiger partial charge in [-0.05, 0) is 50.4 Å². The third kappa shape index (κ3) is 5.44. The Kier molecular flexibility index (Phi) is 6.13. The summed E-state index contributed by atoms with van der Waals surface area (Å²) in [7, 11) is 7.89. The van der Waals surface area contributed by atoms with Gasteiger partial charge in [0.05, 0.1) is 0 Å². The van der Waals surface area contributed by atoms with Crippen molar-refractivity contribution in [2.24, 2.45) is 0 Å². The lowest BCUT2D eigenvalue weighted by atomic mass is 10.2. The van der Waals surface area contributed by atoms with Gasteiger partial charge in [0.1, 0.15) is 5.03 Å². The van der Waals surface area contributed by atoms with Gasteiger partial charge in [-0.15, -0.1) is 0 Å². The summed E-state index contributed by atoms with van der Waals surface area (Å²) in [5.74, 6) is 1.17. The Morgan fingerprint density at radius 2 is 2.20 bits per heavy atom. The van der Waals surface area contributed by atoms with Crippen molar-refractivity contribution in [2.75, 3.05) is 19.8 Å². The van der Waals surface area contributed by atoms with Gasteiger partial charge >= 0.3 is 0 Å². The molecule has 1 unspecified atom stereocenters. The van der Waals surface area contributed by atoms with Crippen LogP contribution in [-0.4, -0.2) is 35.8 Å². The Labute approximate surface area is 100 Å². The predicted molar refractivity (Wildman–Crippen MR) is 70.3 cm³/mol. The Morgan fingerprint density at radius 1 is 1.40 bits per heavy atom. The van der Waals surface area contributed by atoms with E-state index in [1.54, 1.807) is 10.8 Å². The van der Waals surface area contributed by atoms with Gasteiger partial charge < -0.3 is 4.90 Å². The van der Waals surface area contributed by atoms with Crippen LogP contribution in [0.25, 0.3) is 0 Å². The average molecular weight is 242 g/mol. The van der Waals surface area contributed by atoms with Gasteiger partial charge in [0.25, 0.3) is 0 Å². The number of hydrogen-bond acceptors (Lipinski definition) is 4. The van der Waals surface area contributed by atoms with Crippen LogP contribution in [0, 0.1) is 0 Å². The first-order valence-corrected chi connectivity index (χ1v) is 7.39. The van der Waals surface area contributed by atoms with Crippen LogP contribution in [-0.2, 0) is 0 Å². The summed E-state index contributed by atoms with van der Waals surface area (Å²) < 4.78 is 0. The Hall–Kier alpha value is -0.190. The van der Waals surface area contributed by atoms with E-state index in [1.807, 2.05) is 35.2 Å². The van der Waals surface area contributed by atoms with E-state index in [9.17, 15) is 0 Å². The normalized spacial score (nSPS) is 13.1. The van der Waals surface area contributed by atoms with Crippen LogP contribution >= 0.6 is 21.6 Å². The number of hydrogen-bond donors (Lipinski definition) is 0. The summed E-state index contributed by atoms with van der Waals surface area (Å²) in [6.07, 6.45) is 3.06. The molecule has 0 aromatic carbocycles. The second kappa shape index (κ2) is 7.14. The van der Waals surface area contributed by atoms with Crippen molar-refractivity contribution in [3.63, 3.8) is 0 Å². The summed E-state index contributed by atoms with van der Waals surface area (Å²) >= 11 is 0. The maximum Gasteiger partial charge on any atom is 0.106 e. The van der Waals surface area contributed by atoms with E-state index in [0.29, 0.717) is 6.04 Å². The van der Waals surface area contributed by atoms with Crippen LogP contribution in [0.2, 0.25) is 0 Å². The van der Waals surface area contributed by atoms with Crippen molar-refractivity contribution >= 4 is 21.6 Å². The van der Waals surface area contributed by atoms with Gasteiger partial charge in [-0.1, -0.05) is 16.9 Å². The lowest BCUT2D eigenvalue weighted by Crippen LogP contribution is -2.24. The molecule has 0 N–H and O–H groups in total. The largest absolute Gasteiger partial charge is 0.307 e. The molecule has 0 aliphatic heterocycles. The molecular weight excluding hydrogens is 224 g/mol. The molecule has 1 heterocycles. The minimum Gasteiger partial charge on any atom is -0.307 e. The molecule has 0 aliphatic rings. The maximum atomic E-state index is 4.26. The van der Waals surface area contributed by atoms with E-state index in [0.717, 1.165) is 5.03 Å². The lowest BCUT2D eigenvalue weighted by molar-refractivity contribution is 0.308. The first kappa shape index (κ1) is 12.9. The molecule has 1 aromatic rings. The monoisotopic (exact) mass is 242 g/mol. The molecule has 1 aromatic heterocycles. The van der Waals surface area contributed by atoms with Gasteiger partial charge in [0.2, 0.25) is 0 Å². The minimum atomic E-state index is 0.654. The molecule has 0 aliphatic carbocycles. The van der Waals surface area contributed by atoms with E-state index in [1.165, 1.54) is 12.2 Å². The first-order chi connectivity index (χ1) is 7.20. The molecule has 84 valence electrons. The van der Waals surface area contributed by atoms with Crippen molar-refractivity contribution in [2.45, 2.75) is 24.4 Å². The zero-order valence-electron chi connectivity index (χ0n) is 9.51. The van der Waals surface area contributed by atoms with E-state index >= 15 is 0 Å². The SMILES string of the molecule is CC(CCSSc1ccccn1)N(C)C. The predicted octanol–water partition coefficient (Wildman–Crippen LogP) is 3.16. The Morgan fingerprint density at radius 3 is 2.80 bits per heavy atom. The average Bonchev–Trinajstić information content (AvgIpc) is 2.25. The quantitative estimate of drug-likeness (QED) is 0.562. The fourth-order valence-electron chi connectivity index (χ4n) is 0.975. The number of pyridine rings is 1. The first-order valence-electron chi connectivity index (χ1n) is 5.07. The van der Waals surface area contributed by atoms with Crippen molar-refractivity contribution < 1.29 is 0 Å². The van der Waals surface area contributed by atoms with Crippen molar-refractivity contribution in [3.8, 4) is 0 Å². The third-order valence-corrected chi connectivity index (χ3v) is 4.58. The van der Waals surface area contributed by atoms with Crippen LogP contribution in [0.4, 0.5) is 0 Å². The molecule has 1 rings (SSSR count). The number of aromatic nitrogens is 1. The molecule has 0 saturated carbocycles. The highest BCUT2D eigenvalue weighted by Gasteiger charge is 2.04. The van der Waals surface area contributed by atoms with Crippen molar-refractivity contribution in [1.82, 2.24) is 9.88 Å². The minimum absolute atomic E-state index is 0.654. The molecule has 2 nitrogen and oxygen atoms in total. The van der Waals surface area contributed by atoms with Crippen LogP contribution in [0.15, 0.2) is 29.4 Å². The van der Waals surface area contributed by atoms with Crippen LogP contribution in [0.5, 0.6) is 0 Å². The summed E-state index contributed by atoms with van der Waals surface area (Å²) in [4.78, 5) is 6.52. The molecule has 0 amide bonds. The van der Waals surface area contributed by atoms with Crippen LogP contribution in [0.1, 0.15) is 13.3 Å². The fraction of sp³-hybridized carbons (Fsp3) is 0.545. The number of nitrogens with zero attached hydrogens (tertiary/aromatic N) is 2. The highest BCUT2D eigenvalue weighted by Crippen LogP contribution is 2.29. The molecule has 4 heteroatoms. The van der Waals surface area contributed by atoms with Gasteiger partial charge in [-0.25, -0.2) is 4.98 Å². The van der Waals surface area contributed by atoms with Gasteiger partial charge in [-0.3, -0.25) is 0 Å². The molecule has 0 radical (unpaired) electrons. The molecule has 0 spiro atoms. The van der Waals surface area contributed by atoms with E-state index in [2.05, 4.69) is 30.9 Å². The smallest absolute Gasteiger partial charge is 0.106 e. The third-order valence-electron chi connectivity index (χ3n) is 2.28.